The van der Waals surface area contributed by atoms with Crippen molar-refractivity contribution >= 4 is 5.69 Å². The number of nitrogens with zero attached hydrogens (tertiary/aromatic N) is 1. The molecule has 0 amide bonds. The fourth-order valence-corrected chi connectivity index (χ4v) is 1.52. The summed E-state index contributed by atoms with van der Waals surface area (Å²) in [7, 11) is 0. The molecular weight excluding hydrogens is 174 g/mol. The van der Waals surface area contributed by atoms with Crippen LogP contribution in [0.3, 0.4) is 0 Å². The van der Waals surface area contributed by atoms with Gasteiger partial charge in [0, 0.05) is 18.8 Å². The minimum atomic E-state index is 0.328. The van der Waals surface area contributed by atoms with Gasteiger partial charge in [0.2, 0.25) is 0 Å². The lowest BCUT2D eigenvalue weighted by molar-refractivity contribution is 0.475. The molecule has 0 bridgehead atoms. The van der Waals surface area contributed by atoms with E-state index in [1.165, 1.54) is 5.69 Å². The molecule has 0 saturated carbocycles. The largest absolute Gasteiger partial charge is 0.508 e. The molecule has 0 saturated heterocycles. The van der Waals surface area contributed by atoms with Crippen LogP contribution in [-0.4, -0.2) is 18.2 Å². The first-order chi connectivity index (χ1) is 6.63. The van der Waals surface area contributed by atoms with Gasteiger partial charge < -0.3 is 10.0 Å². The van der Waals surface area contributed by atoms with Crippen molar-refractivity contribution in [2.75, 3.05) is 18.0 Å². The molecule has 0 radical (unpaired) electrons. The number of rotatable bonds is 4. The van der Waals surface area contributed by atoms with Crippen molar-refractivity contribution in [3.8, 4) is 5.75 Å². The predicted molar refractivity (Wildman–Crippen MR) is 60.8 cm³/mol. The highest BCUT2D eigenvalue weighted by atomic mass is 16.3. The van der Waals surface area contributed by atoms with Crippen LogP contribution in [0, 0.1) is 5.92 Å². The van der Waals surface area contributed by atoms with Crippen LogP contribution in [0.4, 0.5) is 5.69 Å². The lowest BCUT2D eigenvalue weighted by Gasteiger charge is -2.25. The average molecular weight is 193 g/mol. The van der Waals surface area contributed by atoms with Gasteiger partial charge in [0.1, 0.15) is 5.75 Å². The van der Waals surface area contributed by atoms with Crippen molar-refractivity contribution in [3.63, 3.8) is 0 Å². The summed E-state index contributed by atoms with van der Waals surface area (Å²) in [5.41, 5.74) is 1.18. The van der Waals surface area contributed by atoms with Crippen LogP contribution in [0.5, 0.6) is 5.75 Å². The molecule has 0 aliphatic heterocycles. The van der Waals surface area contributed by atoms with Gasteiger partial charge in [-0.05, 0) is 37.1 Å². The highest BCUT2D eigenvalue weighted by Crippen LogP contribution is 2.18. The first-order valence-corrected chi connectivity index (χ1v) is 5.17. The summed E-state index contributed by atoms with van der Waals surface area (Å²) in [6.45, 7) is 8.63. The maximum Gasteiger partial charge on any atom is 0.115 e. The molecule has 1 aromatic rings. The molecule has 2 heteroatoms. The number of anilines is 1. The zero-order chi connectivity index (χ0) is 10.6. The van der Waals surface area contributed by atoms with Crippen molar-refractivity contribution in [1.82, 2.24) is 0 Å². The summed E-state index contributed by atoms with van der Waals surface area (Å²) in [4.78, 5) is 2.31. The second-order valence-electron chi connectivity index (χ2n) is 3.95. The van der Waals surface area contributed by atoms with E-state index in [1.54, 1.807) is 12.1 Å². The third kappa shape index (κ3) is 2.95. The quantitative estimate of drug-likeness (QED) is 0.794. The summed E-state index contributed by atoms with van der Waals surface area (Å²) < 4.78 is 0. The number of hydrogen-bond acceptors (Lipinski definition) is 2. The van der Waals surface area contributed by atoms with Crippen molar-refractivity contribution in [2.45, 2.75) is 20.8 Å². The molecule has 0 unspecified atom stereocenters. The molecular formula is C12H19NO. The van der Waals surface area contributed by atoms with E-state index in [9.17, 15) is 5.11 Å². The number of benzene rings is 1. The number of hydrogen-bond donors (Lipinski definition) is 1. The summed E-state index contributed by atoms with van der Waals surface area (Å²) in [5.74, 6) is 0.984. The molecule has 2 nitrogen and oxygen atoms in total. The highest BCUT2D eigenvalue weighted by Gasteiger charge is 2.05. The first-order valence-electron chi connectivity index (χ1n) is 5.17. The zero-order valence-corrected chi connectivity index (χ0v) is 9.20. The molecule has 0 aromatic heterocycles. The monoisotopic (exact) mass is 193 g/mol. The van der Waals surface area contributed by atoms with Gasteiger partial charge in [0.25, 0.3) is 0 Å². The van der Waals surface area contributed by atoms with E-state index in [-0.39, 0.29) is 0 Å². The lowest BCUT2D eigenvalue weighted by Crippen LogP contribution is -2.26. The van der Waals surface area contributed by atoms with Crippen LogP contribution < -0.4 is 4.90 Å². The molecule has 0 fully saturated rings. The summed E-state index contributed by atoms with van der Waals surface area (Å²) in [6, 6.07) is 7.39. The van der Waals surface area contributed by atoms with E-state index in [4.69, 9.17) is 0 Å². The fraction of sp³-hybridized carbons (Fsp3) is 0.500. The first kappa shape index (κ1) is 10.9. The van der Waals surface area contributed by atoms with Crippen LogP contribution in [0.1, 0.15) is 20.8 Å². The SMILES string of the molecule is CCN(CC(C)C)c1ccc(O)cc1. The minimum absolute atomic E-state index is 0.328. The molecule has 0 aliphatic carbocycles. The Morgan fingerprint density at radius 2 is 1.79 bits per heavy atom. The van der Waals surface area contributed by atoms with E-state index < -0.39 is 0 Å². The predicted octanol–water partition coefficient (Wildman–Crippen LogP) is 2.87. The second kappa shape index (κ2) is 4.89. The summed E-state index contributed by atoms with van der Waals surface area (Å²) in [6.07, 6.45) is 0. The molecule has 0 heterocycles. The fourth-order valence-electron chi connectivity index (χ4n) is 1.52. The third-order valence-corrected chi connectivity index (χ3v) is 2.18. The zero-order valence-electron chi connectivity index (χ0n) is 9.20. The third-order valence-electron chi connectivity index (χ3n) is 2.18. The van der Waals surface area contributed by atoms with Gasteiger partial charge >= 0.3 is 0 Å². The van der Waals surface area contributed by atoms with Gasteiger partial charge in [-0.1, -0.05) is 13.8 Å². The normalized spacial score (nSPS) is 10.6. The number of phenols is 1. The van der Waals surface area contributed by atoms with Gasteiger partial charge in [-0.3, -0.25) is 0 Å². The van der Waals surface area contributed by atoms with Gasteiger partial charge in [0.15, 0.2) is 0 Å². The van der Waals surface area contributed by atoms with Gasteiger partial charge in [-0.15, -0.1) is 0 Å². The van der Waals surface area contributed by atoms with Crippen LogP contribution in [0.15, 0.2) is 24.3 Å². The van der Waals surface area contributed by atoms with Crippen molar-refractivity contribution in [1.29, 1.82) is 0 Å². The molecule has 78 valence electrons. The van der Waals surface area contributed by atoms with Gasteiger partial charge in [0.05, 0.1) is 0 Å². The van der Waals surface area contributed by atoms with E-state index in [0.29, 0.717) is 11.7 Å². The number of phenolic OH excluding ortho intramolecular Hbond substituents is 1. The lowest BCUT2D eigenvalue weighted by atomic mass is 10.2. The van der Waals surface area contributed by atoms with Crippen LogP contribution in [0.25, 0.3) is 0 Å². The van der Waals surface area contributed by atoms with Crippen LogP contribution >= 0.6 is 0 Å². The van der Waals surface area contributed by atoms with Crippen LogP contribution in [0.2, 0.25) is 0 Å². The summed E-state index contributed by atoms with van der Waals surface area (Å²) in [5, 5.41) is 9.17. The average Bonchev–Trinajstić information content (AvgIpc) is 2.15. The Bertz CT molecular complexity index is 266. The molecule has 1 N–H and O–H groups in total. The Hall–Kier alpha value is -1.18. The standard InChI is InChI=1S/C12H19NO/c1-4-13(9-10(2)3)11-5-7-12(14)8-6-11/h5-8,10,14H,4,9H2,1-3H3. The molecule has 14 heavy (non-hydrogen) atoms. The molecule has 1 aromatic carbocycles. The Balaban J connectivity index is 2.73. The van der Waals surface area contributed by atoms with E-state index in [1.807, 2.05) is 12.1 Å². The van der Waals surface area contributed by atoms with E-state index in [0.717, 1.165) is 13.1 Å². The Morgan fingerprint density at radius 3 is 2.21 bits per heavy atom. The topological polar surface area (TPSA) is 23.5 Å². The molecule has 0 spiro atoms. The van der Waals surface area contributed by atoms with Crippen molar-refractivity contribution < 1.29 is 5.11 Å². The smallest absolute Gasteiger partial charge is 0.115 e. The minimum Gasteiger partial charge on any atom is -0.508 e. The van der Waals surface area contributed by atoms with E-state index >= 15 is 0 Å². The van der Waals surface area contributed by atoms with Crippen LogP contribution in [-0.2, 0) is 0 Å². The van der Waals surface area contributed by atoms with Crippen molar-refractivity contribution in [3.05, 3.63) is 24.3 Å². The second-order valence-corrected chi connectivity index (χ2v) is 3.95. The Kier molecular flexibility index (Phi) is 3.81. The molecule has 0 atom stereocenters. The maximum atomic E-state index is 9.17. The van der Waals surface area contributed by atoms with Gasteiger partial charge in [-0.2, -0.15) is 0 Å². The number of aromatic hydroxyl groups is 1. The maximum absolute atomic E-state index is 9.17. The highest BCUT2D eigenvalue weighted by molar-refractivity contribution is 5.48. The molecule has 1 rings (SSSR count). The van der Waals surface area contributed by atoms with Crippen molar-refractivity contribution in [2.24, 2.45) is 5.92 Å². The Labute approximate surface area is 86.2 Å². The Morgan fingerprint density at radius 1 is 1.21 bits per heavy atom. The summed E-state index contributed by atoms with van der Waals surface area (Å²) >= 11 is 0. The molecule has 0 aliphatic rings. The van der Waals surface area contributed by atoms with Gasteiger partial charge in [-0.25, -0.2) is 0 Å². The van der Waals surface area contributed by atoms with E-state index in [2.05, 4.69) is 25.7 Å².